The van der Waals surface area contributed by atoms with Gasteiger partial charge >= 0.3 is 0 Å². The minimum absolute atomic E-state index is 0.656. The van der Waals surface area contributed by atoms with Crippen molar-refractivity contribution in [3.8, 4) is 28.6 Å². The number of para-hydroxylation sites is 2. The van der Waals surface area contributed by atoms with Crippen LogP contribution in [0, 0.1) is 11.3 Å². The van der Waals surface area contributed by atoms with Gasteiger partial charge in [-0.2, -0.15) is 5.26 Å². The number of hydrogen-bond acceptors (Lipinski definition) is 1. The lowest BCUT2D eigenvalue weighted by atomic mass is 9.94. The largest absolute Gasteiger partial charge is 0.309 e. The second-order valence-corrected chi connectivity index (χ2v) is 13.7. The Balaban J connectivity index is 1.14. The van der Waals surface area contributed by atoms with Gasteiger partial charge in [0.1, 0.15) is 0 Å². The number of nitriles is 1. The molecule has 0 saturated carbocycles. The Morgan fingerprint density at radius 3 is 1.40 bits per heavy atom. The Morgan fingerprint density at radius 2 is 0.769 bits per heavy atom. The predicted molar refractivity (Wildman–Crippen MR) is 218 cm³/mol. The van der Waals surface area contributed by atoms with Crippen LogP contribution >= 0.6 is 0 Å². The molecule has 0 radical (unpaired) electrons. The zero-order valence-electron chi connectivity index (χ0n) is 28.1. The van der Waals surface area contributed by atoms with Gasteiger partial charge in [0, 0.05) is 32.9 Å². The van der Waals surface area contributed by atoms with Crippen molar-refractivity contribution >= 4 is 75.9 Å². The molecule has 2 aromatic heterocycles. The fourth-order valence-electron chi connectivity index (χ4n) is 8.59. The zero-order chi connectivity index (χ0) is 34.3. The highest BCUT2D eigenvalue weighted by Gasteiger charge is 2.18. The summed E-state index contributed by atoms with van der Waals surface area (Å²) in [6.45, 7) is 0. The summed E-state index contributed by atoms with van der Waals surface area (Å²) in [7, 11) is 0. The molecular weight excluding hydrogens is 631 g/mol. The normalized spacial score (nSPS) is 11.8. The fourth-order valence-corrected chi connectivity index (χ4v) is 8.59. The smallest absolute Gasteiger partial charge is 0.0991 e. The van der Waals surface area contributed by atoms with E-state index in [0.29, 0.717) is 5.56 Å². The fraction of sp³-hybridized carbons (Fsp3) is 0. The van der Waals surface area contributed by atoms with Gasteiger partial charge in [-0.3, -0.25) is 0 Å². The van der Waals surface area contributed by atoms with Crippen LogP contribution in [0.5, 0.6) is 0 Å². The molecule has 0 aliphatic rings. The number of aromatic nitrogens is 2. The summed E-state index contributed by atoms with van der Waals surface area (Å²) in [6, 6.07) is 65.6. The van der Waals surface area contributed by atoms with Crippen molar-refractivity contribution in [3.05, 3.63) is 181 Å². The molecular formula is C49H29N3. The Bertz CT molecular complexity index is 3270. The zero-order valence-corrected chi connectivity index (χ0v) is 28.1. The number of benzene rings is 9. The standard InChI is InChI=1S/C49H29N3/c50-30-31-18-23-47-43(26-31)45-28-33(32-19-24-48-44(27-32)41-16-8-9-17-46(41)51(48)34-10-2-1-3-11-34)20-25-49(45)52(47)35-21-22-40-38-14-5-4-12-36(38)37-13-6-7-15-39(37)42(40)29-35/h1-29H. The number of hydrogen-bond donors (Lipinski definition) is 0. The summed E-state index contributed by atoms with van der Waals surface area (Å²) in [4.78, 5) is 0. The van der Waals surface area contributed by atoms with Gasteiger partial charge in [-0.25, -0.2) is 0 Å². The van der Waals surface area contributed by atoms with Crippen LogP contribution in [0.4, 0.5) is 0 Å². The second kappa shape index (κ2) is 10.9. The molecule has 0 fully saturated rings. The lowest BCUT2D eigenvalue weighted by Crippen LogP contribution is -1.95. The maximum Gasteiger partial charge on any atom is 0.0991 e. The van der Waals surface area contributed by atoms with E-state index in [1.54, 1.807) is 0 Å². The quantitative estimate of drug-likeness (QED) is 0.174. The van der Waals surface area contributed by atoms with Gasteiger partial charge < -0.3 is 9.13 Å². The van der Waals surface area contributed by atoms with Crippen molar-refractivity contribution in [3.63, 3.8) is 0 Å². The number of nitrogens with zero attached hydrogens (tertiary/aromatic N) is 3. The Labute approximate surface area is 299 Å². The minimum Gasteiger partial charge on any atom is -0.309 e. The molecule has 9 aromatic carbocycles. The van der Waals surface area contributed by atoms with Crippen molar-refractivity contribution in [2.24, 2.45) is 0 Å². The highest BCUT2D eigenvalue weighted by atomic mass is 15.0. The maximum atomic E-state index is 9.94. The van der Waals surface area contributed by atoms with E-state index in [9.17, 15) is 5.26 Å². The molecule has 0 N–H and O–H groups in total. The second-order valence-electron chi connectivity index (χ2n) is 13.7. The molecule has 0 aliphatic carbocycles. The third kappa shape index (κ3) is 4.07. The molecule has 0 amide bonds. The van der Waals surface area contributed by atoms with Crippen LogP contribution in [0.15, 0.2) is 176 Å². The van der Waals surface area contributed by atoms with Crippen molar-refractivity contribution in [2.45, 2.75) is 0 Å². The van der Waals surface area contributed by atoms with Gasteiger partial charge in [0.05, 0.1) is 33.7 Å². The molecule has 0 aliphatic heterocycles. The van der Waals surface area contributed by atoms with Crippen LogP contribution in [-0.4, -0.2) is 9.13 Å². The molecule has 3 heteroatoms. The van der Waals surface area contributed by atoms with Crippen LogP contribution in [0.3, 0.4) is 0 Å². The molecule has 240 valence electrons. The first kappa shape index (κ1) is 28.7. The van der Waals surface area contributed by atoms with Gasteiger partial charge in [0.25, 0.3) is 0 Å². The van der Waals surface area contributed by atoms with Crippen LogP contribution in [-0.2, 0) is 0 Å². The maximum absolute atomic E-state index is 9.94. The van der Waals surface area contributed by atoms with Gasteiger partial charge in [-0.05, 0) is 116 Å². The molecule has 0 bridgehead atoms. The summed E-state index contributed by atoms with van der Waals surface area (Å²) >= 11 is 0. The van der Waals surface area contributed by atoms with E-state index in [1.807, 2.05) is 12.1 Å². The molecule has 0 unspecified atom stereocenters. The third-order valence-corrected chi connectivity index (χ3v) is 10.9. The van der Waals surface area contributed by atoms with Crippen molar-refractivity contribution in [1.29, 1.82) is 5.26 Å². The Kier molecular flexibility index (Phi) is 6.02. The van der Waals surface area contributed by atoms with Gasteiger partial charge in [0.15, 0.2) is 0 Å². The summed E-state index contributed by atoms with van der Waals surface area (Å²) in [5.41, 5.74) is 9.78. The minimum atomic E-state index is 0.656. The van der Waals surface area contributed by atoms with E-state index in [2.05, 4.69) is 179 Å². The van der Waals surface area contributed by atoms with Crippen molar-refractivity contribution < 1.29 is 0 Å². The van der Waals surface area contributed by atoms with E-state index in [0.717, 1.165) is 44.3 Å². The van der Waals surface area contributed by atoms with E-state index in [1.165, 1.54) is 54.1 Å². The van der Waals surface area contributed by atoms with Crippen LogP contribution in [0.25, 0.3) is 98.4 Å². The Morgan fingerprint density at radius 1 is 0.308 bits per heavy atom. The summed E-state index contributed by atoms with van der Waals surface area (Å²) in [5.74, 6) is 0. The van der Waals surface area contributed by atoms with Crippen molar-refractivity contribution in [1.82, 2.24) is 9.13 Å². The molecule has 11 aromatic rings. The molecule has 52 heavy (non-hydrogen) atoms. The van der Waals surface area contributed by atoms with E-state index in [4.69, 9.17) is 0 Å². The highest BCUT2D eigenvalue weighted by molar-refractivity contribution is 6.25. The third-order valence-electron chi connectivity index (χ3n) is 10.9. The number of rotatable bonds is 3. The van der Waals surface area contributed by atoms with E-state index < -0.39 is 0 Å². The molecule has 2 heterocycles. The first-order valence-electron chi connectivity index (χ1n) is 17.7. The van der Waals surface area contributed by atoms with Crippen molar-refractivity contribution in [2.75, 3.05) is 0 Å². The van der Waals surface area contributed by atoms with Gasteiger partial charge in [-0.1, -0.05) is 103 Å². The average Bonchev–Trinajstić information content (AvgIpc) is 3.72. The molecule has 3 nitrogen and oxygen atoms in total. The lowest BCUT2D eigenvalue weighted by Gasteiger charge is -2.14. The van der Waals surface area contributed by atoms with Gasteiger partial charge in [-0.15, -0.1) is 0 Å². The van der Waals surface area contributed by atoms with Crippen LogP contribution in [0.1, 0.15) is 5.56 Å². The van der Waals surface area contributed by atoms with E-state index >= 15 is 0 Å². The lowest BCUT2D eigenvalue weighted by molar-refractivity contribution is 1.18. The predicted octanol–water partition coefficient (Wildman–Crippen LogP) is 12.9. The summed E-state index contributed by atoms with van der Waals surface area (Å²) in [6.07, 6.45) is 0. The highest BCUT2D eigenvalue weighted by Crippen LogP contribution is 2.41. The summed E-state index contributed by atoms with van der Waals surface area (Å²) < 4.78 is 4.71. The summed E-state index contributed by atoms with van der Waals surface area (Å²) in [5, 5.41) is 22.1. The first-order valence-corrected chi connectivity index (χ1v) is 17.7. The van der Waals surface area contributed by atoms with E-state index in [-0.39, 0.29) is 0 Å². The average molecular weight is 660 g/mol. The van der Waals surface area contributed by atoms with Crippen LogP contribution < -0.4 is 0 Å². The SMILES string of the molecule is N#Cc1ccc2c(c1)c1cc(-c3ccc4c(c3)c3ccccc3n4-c3ccccc3)ccc1n2-c1ccc2c3ccccc3c3ccccc3c2c1. The van der Waals surface area contributed by atoms with Gasteiger partial charge in [0.2, 0.25) is 0 Å². The molecule has 0 spiro atoms. The first-order chi connectivity index (χ1) is 25.7. The monoisotopic (exact) mass is 659 g/mol. The topological polar surface area (TPSA) is 33.6 Å². The Hall–Kier alpha value is -7.15. The number of fused-ring (bicyclic) bond motifs is 12. The molecule has 0 saturated heterocycles. The molecule has 0 atom stereocenters. The molecule has 11 rings (SSSR count). The van der Waals surface area contributed by atoms with Crippen LogP contribution in [0.2, 0.25) is 0 Å².